The summed E-state index contributed by atoms with van der Waals surface area (Å²) in [6, 6.07) is 0. The number of halogens is 1. The first-order chi connectivity index (χ1) is 5.77. The number of nitrogens with one attached hydrogen (secondary N) is 1. The average Bonchev–Trinajstić information content (AvgIpc) is 2.58. The molecule has 0 saturated heterocycles. The number of rotatable bonds is 1. The predicted molar refractivity (Wildman–Crippen MR) is 44.3 cm³/mol. The Morgan fingerprint density at radius 3 is 2.83 bits per heavy atom. The second-order valence-corrected chi connectivity index (χ2v) is 2.95. The summed E-state index contributed by atoms with van der Waals surface area (Å²) in [5.74, 6) is 0.466. The van der Waals surface area contributed by atoms with Gasteiger partial charge in [-0.25, -0.2) is 0 Å². The molecular formula is C6H5BrN4O. The van der Waals surface area contributed by atoms with E-state index in [1.54, 1.807) is 6.20 Å². The summed E-state index contributed by atoms with van der Waals surface area (Å²) in [5, 5.41) is 14.1. The Bertz CT molecular complexity index is 394. The summed E-state index contributed by atoms with van der Waals surface area (Å²) < 4.78 is 5.14. The van der Waals surface area contributed by atoms with Gasteiger partial charge in [-0.3, -0.25) is 5.10 Å². The molecule has 0 bridgehead atoms. The fraction of sp³-hybridized carbons (Fsp3) is 0.167. The molecule has 0 atom stereocenters. The number of H-pyrrole nitrogens is 1. The van der Waals surface area contributed by atoms with E-state index >= 15 is 0 Å². The van der Waals surface area contributed by atoms with Gasteiger partial charge in [-0.05, 0) is 6.92 Å². The van der Waals surface area contributed by atoms with Crippen LogP contribution >= 0.6 is 15.9 Å². The molecule has 0 aromatic carbocycles. The minimum absolute atomic E-state index is 0.373. The molecule has 2 aromatic rings. The maximum Gasteiger partial charge on any atom is 0.285 e. The second kappa shape index (κ2) is 2.71. The molecule has 0 amide bonds. The van der Waals surface area contributed by atoms with Gasteiger partial charge in [0.1, 0.15) is 0 Å². The van der Waals surface area contributed by atoms with E-state index in [0.717, 1.165) is 11.3 Å². The minimum atomic E-state index is 0.373. The lowest BCUT2D eigenvalue weighted by Crippen LogP contribution is -1.78. The molecule has 62 valence electrons. The first-order valence-electron chi connectivity index (χ1n) is 3.26. The zero-order valence-corrected chi connectivity index (χ0v) is 7.79. The van der Waals surface area contributed by atoms with Gasteiger partial charge in [-0.2, -0.15) is 5.10 Å². The molecule has 1 N–H and O–H groups in total. The van der Waals surface area contributed by atoms with Crippen molar-refractivity contribution in [3.05, 3.63) is 16.7 Å². The van der Waals surface area contributed by atoms with Crippen LogP contribution in [0.5, 0.6) is 0 Å². The van der Waals surface area contributed by atoms with Crippen LogP contribution in [0.15, 0.2) is 15.4 Å². The van der Waals surface area contributed by atoms with Gasteiger partial charge in [0.2, 0.25) is 0 Å². The molecule has 2 rings (SSSR count). The van der Waals surface area contributed by atoms with Crippen molar-refractivity contribution in [3.8, 4) is 11.5 Å². The van der Waals surface area contributed by atoms with Crippen molar-refractivity contribution in [2.45, 2.75) is 6.92 Å². The van der Waals surface area contributed by atoms with E-state index in [0.29, 0.717) is 10.7 Å². The molecule has 0 unspecified atom stereocenters. The first kappa shape index (κ1) is 7.48. The van der Waals surface area contributed by atoms with Crippen molar-refractivity contribution in [1.82, 2.24) is 20.4 Å². The van der Waals surface area contributed by atoms with Gasteiger partial charge >= 0.3 is 0 Å². The zero-order chi connectivity index (χ0) is 8.55. The van der Waals surface area contributed by atoms with Gasteiger partial charge in [0.25, 0.3) is 10.7 Å². The normalized spacial score (nSPS) is 10.5. The van der Waals surface area contributed by atoms with E-state index in [1.807, 2.05) is 6.92 Å². The summed E-state index contributed by atoms with van der Waals surface area (Å²) in [4.78, 5) is 0.373. The number of aromatic amines is 1. The second-order valence-electron chi connectivity index (χ2n) is 2.27. The van der Waals surface area contributed by atoms with Crippen LogP contribution in [0.4, 0.5) is 0 Å². The highest BCUT2D eigenvalue weighted by atomic mass is 79.9. The largest absolute Gasteiger partial charge is 0.411 e. The molecule has 6 heteroatoms. The quantitative estimate of drug-likeness (QED) is 0.804. The van der Waals surface area contributed by atoms with Crippen LogP contribution in [0.1, 0.15) is 5.69 Å². The van der Waals surface area contributed by atoms with Gasteiger partial charge in [0.05, 0.1) is 11.8 Å². The molecule has 0 aliphatic carbocycles. The molecule has 2 heterocycles. The van der Waals surface area contributed by atoms with E-state index in [1.165, 1.54) is 0 Å². The summed E-state index contributed by atoms with van der Waals surface area (Å²) >= 11 is 3.07. The Morgan fingerprint density at radius 2 is 2.33 bits per heavy atom. The lowest BCUT2D eigenvalue weighted by molar-refractivity contribution is 0.540. The Labute approximate surface area is 76.3 Å². The van der Waals surface area contributed by atoms with Crippen LogP contribution in [0.3, 0.4) is 0 Å². The molecule has 12 heavy (non-hydrogen) atoms. The highest BCUT2D eigenvalue weighted by molar-refractivity contribution is 9.10. The zero-order valence-electron chi connectivity index (χ0n) is 6.21. The van der Waals surface area contributed by atoms with Crippen molar-refractivity contribution in [2.24, 2.45) is 0 Å². The van der Waals surface area contributed by atoms with Gasteiger partial charge < -0.3 is 4.42 Å². The maximum atomic E-state index is 5.14. The third-order valence-electron chi connectivity index (χ3n) is 1.46. The van der Waals surface area contributed by atoms with Crippen molar-refractivity contribution in [3.63, 3.8) is 0 Å². The Hall–Kier alpha value is -1.17. The standard InChI is InChI=1S/C6H5BrN4O/c1-3-4(2-8-9-3)5-10-11-6(7)12-5/h2H,1H3,(H,8,9). The summed E-state index contributed by atoms with van der Waals surface area (Å²) in [7, 11) is 0. The smallest absolute Gasteiger partial charge is 0.285 e. The summed E-state index contributed by atoms with van der Waals surface area (Å²) in [6.45, 7) is 1.89. The molecule has 0 saturated carbocycles. The fourth-order valence-corrected chi connectivity index (χ4v) is 1.11. The molecule has 0 spiro atoms. The van der Waals surface area contributed by atoms with E-state index in [-0.39, 0.29) is 0 Å². The summed E-state index contributed by atoms with van der Waals surface area (Å²) in [5.41, 5.74) is 1.74. The van der Waals surface area contributed by atoms with Crippen molar-refractivity contribution >= 4 is 15.9 Å². The van der Waals surface area contributed by atoms with Crippen molar-refractivity contribution < 1.29 is 4.42 Å². The van der Waals surface area contributed by atoms with Gasteiger partial charge in [-0.1, -0.05) is 0 Å². The minimum Gasteiger partial charge on any atom is -0.411 e. The van der Waals surface area contributed by atoms with Crippen LogP contribution in [-0.4, -0.2) is 20.4 Å². The predicted octanol–water partition coefficient (Wildman–Crippen LogP) is 1.53. The molecule has 0 aliphatic rings. The van der Waals surface area contributed by atoms with E-state index in [2.05, 4.69) is 36.3 Å². The van der Waals surface area contributed by atoms with Crippen LogP contribution < -0.4 is 0 Å². The van der Waals surface area contributed by atoms with Crippen molar-refractivity contribution in [1.29, 1.82) is 0 Å². The molecule has 0 aliphatic heterocycles. The number of hydrogen-bond donors (Lipinski definition) is 1. The Balaban J connectivity index is 2.50. The lowest BCUT2D eigenvalue weighted by Gasteiger charge is -1.87. The first-order valence-corrected chi connectivity index (χ1v) is 4.06. The van der Waals surface area contributed by atoms with E-state index in [4.69, 9.17) is 4.42 Å². The van der Waals surface area contributed by atoms with Gasteiger partial charge in [-0.15, -0.1) is 10.2 Å². The number of aromatic nitrogens is 4. The maximum absolute atomic E-state index is 5.14. The lowest BCUT2D eigenvalue weighted by atomic mass is 10.3. The third-order valence-corrected chi connectivity index (χ3v) is 1.78. The number of nitrogens with zero attached hydrogens (tertiary/aromatic N) is 3. The van der Waals surface area contributed by atoms with Crippen LogP contribution in [0.2, 0.25) is 0 Å². The molecule has 5 nitrogen and oxygen atoms in total. The van der Waals surface area contributed by atoms with Crippen LogP contribution in [0, 0.1) is 6.92 Å². The highest BCUT2D eigenvalue weighted by Gasteiger charge is 2.10. The van der Waals surface area contributed by atoms with Crippen LogP contribution in [0.25, 0.3) is 11.5 Å². The third kappa shape index (κ3) is 1.14. The van der Waals surface area contributed by atoms with Gasteiger partial charge in [0, 0.05) is 21.6 Å². The molecular weight excluding hydrogens is 224 g/mol. The van der Waals surface area contributed by atoms with E-state index < -0.39 is 0 Å². The van der Waals surface area contributed by atoms with Crippen molar-refractivity contribution in [2.75, 3.05) is 0 Å². The molecule has 2 aromatic heterocycles. The topological polar surface area (TPSA) is 67.6 Å². The average molecular weight is 229 g/mol. The molecule has 0 fully saturated rings. The van der Waals surface area contributed by atoms with Crippen LogP contribution in [-0.2, 0) is 0 Å². The van der Waals surface area contributed by atoms with Gasteiger partial charge in [0.15, 0.2) is 0 Å². The highest BCUT2D eigenvalue weighted by Crippen LogP contribution is 2.21. The monoisotopic (exact) mass is 228 g/mol. The number of hydrogen-bond acceptors (Lipinski definition) is 4. The number of aryl methyl sites for hydroxylation is 1. The summed E-state index contributed by atoms with van der Waals surface area (Å²) in [6.07, 6.45) is 1.65. The Kier molecular flexibility index (Phi) is 1.69. The van der Waals surface area contributed by atoms with E-state index in [9.17, 15) is 0 Å². The fourth-order valence-electron chi connectivity index (χ4n) is 0.880. The Morgan fingerprint density at radius 1 is 1.50 bits per heavy atom. The SMILES string of the molecule is Cc1[nH]ncc1-c1nnc(Br)o1. The molecule has 0 radical (unpaired) electrons.